The van der Waals surface area contributed by atoms with E-state index in [1.165, 1.54) is 5.56 Å². The van der Waals surface area contributed by atoms with E-state index >= 15 is 0 Å². The summed E-state index contributed by atoms with van der Waals surface area (Å²) in [6.45, 7) is 2.10. The maximum atomic E-state index is 5.65. The van der Waals surface area contributed by atoms with Crippen LogP contribution in [0, 0.1) is 0 Å². The number of nitrogens with zero attached hydrogens (tertiary/aromatic N) is 3. The number of hydrazine groups is 1. The lowest BCUT2D eigenvalue weighted by Crippen LogP contribution is -2.30. The van der Waals surface area contributed by atoms with Crippen LogP contribution in [-0.4, -0.2) is 14.8 Å². The molecule has 17 heavy (non-hydrogen) atoms. The summed E-state index contributed by atoms with van der Waals surface area (Å²) in [6, 6.07) is 3.86. The predicted molar refractivity (Wildman–Crippen MR) is 66.0 cm³/mol. The number of hydrogen-bond donors (Lipinski definition) is 2. The van der Waals surface area contributed by atoms with E-state index in [0.717, 1.165) is 17.7 Å². The van der Waals surface area contributed by atoms with E-state index in [0.29, 0.717) is 0 Å². The highest BCUT2D eigenvalue weighted by Crippen LogP contribution is 2.22. The first kappa shape index (κ1) is 11.8. The molecule has 0 aliphatic rings. The maximum absolute atomic E-state index is 5.65. The summed E-state index contributed by atoms with van der Waals surface area (Å²) in [6.07, 6.45) is 6.49. The molecular weight excluding hydrogens is 214 g/mol. The van der Waals surface area contributed by atoms with Crippen molar-refractivity contribution in [2.24, 2.45) is 12.9 Å². The summed E-state index contributed by atoms with van der Waals surface area (Å²) in [5, 5.41) is 4.39. The van der Waals surface area contributed by atoms with Gasteiger partial charge in [0.2, 0.25) is 0 Å². The molecule has 0 saturated carbocycles. The normalized spacial score (nSPS) is 12.6. The molecule has 0 aliphatic carbocycles. The third-order valence-corrected chi connectivity index (χ3v) is 2.83. The molecule has 90 valence electrons. The Morgan fingerprint density at radius 2 is 2.29 bits per heavy atom. The van der Waals surface area contributed by atoms with Crippen LogP contribution in [0.3, 0.4) is 0 Å². The highest BCUT2D eigenvalue weighted by Gasteiger charge is 2.17. The van der Waals surface area contributed by atoms with Crippen LogP contribution >= 0.6 is 0 Å². The molecule has 2 heterocycles. The third kappa shape index (κ3) is 2.35. The molecule has 0 aromatic carbocycles. The van der Waals surface area contributed by atoms with Gasteiger partial charge in [-0.15, -0.1) is 0 Å². The molecule has 1 unspecified atom stereocenters. The zero-order chi connectivity index (χ0) is 12.3. The van der Waals surface area contributed by atoms with Gasteiger partial charge >= 0.3 is 0 Å². The lowest BCUT2D eigenvalue weighted by molar-refractivity contribution is 0.598. The Bertz CT molecular complexity index is 491. The van der Waals surface area contributed by atoms with Crippen LogP contribution < -0.4 is 11.3 Å². The quantitative estimate of drug-likeness (QED) is 0.606. The van der Waals surface area contributed by atoms with E-state index in [1.54, 1.807) is 10.9 Å². The van der Waals surface area contributed by atoms with Gasteiger partial charge in [0, 0.05) is 25.6 Å². The fourth-order valence-corrected chi connectivity index (χ4v) is 1.94. The van der Waals surface area contributed by atoms with Crippen molar-refractivity contribution in [3.8, 4) is 0 Å². The smallest absolute Gasteiger partial charge is 0.0903 e. The molecule has 2 aromatic rings. The number of rotatable bonds is 4. The number of nitrogens with one attached hydrogen (secondary N) is 1. The van der Waals surface area contributed by atoms with E-state index in [-0.39, 0.29) is 6.04 Å². The van der Waals surface area contributed by atoms with Crippen molar-refractivity contribution >= 4 is 0 Å². The zero-order valence-electron chi connectivity index (χ0n) is 10.1. The van der Waals surface area contributed by atoms with Crippen molar-refractivity contribution in [3.63, 3.8) is 0 Å². The topological polar surface area (TPSA) is 68.8 Å². The lowest BCUT2D eigenvalue weighted by atomic mass is 9.99. The minimum Gasteiger partial charge on any atom is -0.275 e. The molecule has 1 atom stereocenters. The van der Waals surface area contributed by atoms with Crippen LogP contribution in [0.5, 0.6) is 0 Å². The van der Waals surface area contributed by atoms with E-state index in [9.17, 15) is 0 Å². The van der Waals surface area contributed by atoms with Crippen molar-refractivity contribution in [1.82, 2.24) is 20.2 Å². The first-order valence-corrected chi connectivity index (χ1v) is 5.64. The van der Waals surface area contributed by atoms with Gasteiger partial charge in [-0.05, 0) is 29.7 Å². The van der Waals surface area contributed by atoms with Gasteiger partial charge in [0.25, 0.3) is 0 Å². The number of pyridine rings is 1. The molecule has 0 amide bonds. The second-order valence-corrected chi connectivity index (χ2v) is 3.94. The first-order chi connectivity index (χ1) is 8.26. The maximum Gasteiger partial charge on any atom is 0.0903 e. The summed E-state index contributed by atoms with van der Waals surface area (Å²) in [4.78, 5) is 4.14. The van der Waals surface area contributed by atoms with E-state index in [2.05, 4.69) is 22.4 Å². The van der Waals surface area contributed by atoms with Gasteiger partial charge in [0.05, 0.1) is 11.7 Å². The molecule has 5 nitrogen and oxygen atoms in total. The molecular formula is C12H17N5. The number of aryl methyl sites for hydroxylation is 2. The lowest BCUT2D eigenvalue weighted by Gasteiger charge is -2.16. The van der Waals surface area contributed by atoms with Gasteiger partial charge in [-0.2, -0.15) is 5.10 Å². The van der Waals surface area contributed by atoms with Crippen LogP contribution in [0.15, 0.2) is 30.7 Å². The summed E-state index contributed by atoms with van der Waals surface area (Å²) in [5.41, 5.74) is 6.04. The number of nitrogens with two attached hydrogens (primary N) is 1. The second kappa shape index (κ2) is 5.07. The van der Waals surface area contributed by atoms with E-state index in [4.69, 9.17) is 5.84 Å². The van der Waals surface area contributed by atoms with Gasteiger partial charge in [0.15, 0.2) is 0 Å². The molecule has 0 bridgehead atoms. The predicted octanol–water partition coefficient (Wildman–Crippen LogP) is 0.930. The van der Waals surface area contributed by atoms with Gasteiger partial charge in [0.1, 0.15) is 0 Å². The van der Waals surface area contributed by atoms with Gasteiger partial charge in [-0.25, -0.2) is 5.43 Å². The van der Waals surface area contributed by atoms with Crippen molar-refractivity contribution in [2.75, 3.05) is 0 Å². The molecule has 0 spiro atoms. The summed E-state index contributed by atoms with van der Waals surface area (Å²) >= 11 is 0. The molecule has 0 saturated heterocycles. The standard InChI is InChI=1S/C12H17N5/c1-3-9-8-14-6-4-10(9)12(15-13)11-5-7-17(2)16-11/h4-8,12,15H,3,13H2,1-2H3. The highest BCUT2D eigenvalue weighted by atomic mass is 15.3. The van der Waals surface area contributed by atoms with Crippen LogP contribution in [0.25, 0.3) is 0 Å². The van der Waals surface area contributed by atoms with E-state index < -0.39 is 0 Å². The van der Waals surface area contributed by atoms with Gasteiger partial charge in [-0.3, -0.25) is 15.5 Å². The Morgan fingerprint density at radius 3 is 2.88 bits per heavy atom. The summed E-state index contributed by atoms with van der Waals surface area (Å²) < 4.78 is 1.77. The monoisotopic (exact) mass is 231 g/mol. The van der Waals surface area contributed by atoms with Crippen LogP contribution in [0.1, 0.15) is 29.8 Å². The molecule has 2 aromatic heterocycles. The van der Waals surface area contributed by atoms with Crippen LogP contribution in [-0.2, 0) is 13.5 Å². The third-order valence-electron chi connectivity index (χ3n) is 2.83. The number of hydrogen-bond acceptors (Lipinski definition) is 4. The van der Waals surface area contributed by atoms with Crippen molar-refractivity contribution < 1.29 is 0 Å². The van der Waals surface area contributed by atoms with Gasteiger partial charge < -0.3 is 0 Å². The molecule has 3 N–H and O–H groups in total. The Kier molecular flexibility index (Phi) is 3.51. The van der Waals surface area contributed by atoms with Crippen molar-refractivity contribution in [3.05, 3.63) is 47.5 Å². The zero-order valence-corrected chi connectivity index (χ0v) is 10.1. The largest absolute Gasteiger partial charge is 0.275 e. The summed E-state index contributed by atoms with van der Waals surface area (Å²) in [5.74, 6) is 5.65. The number of aromatic nitrogens is 3. The van der Waals surface area contributed by atoms with Crippen LogP contribution in [0.4, 0.5) is 0 Å². The molecule has 5 heteroatoms. The molecule has 2 rings (SSSR count). The minimum atomic E-state index is -0.0888. The second-order valence-electron chi connectivity index (χ2n) is 3.94. The molecule has 0 radical (unpaired) electrons. The van der Waals surface area contributed by atoms with Gasteiger partial charge in [-0.1, -0.05) is 6.92 Å². The minimum absolute atomic E-state index is 0.0888. The molecule has 0 fully saturated rings. The van der Waals surface area contributed by atoms with E-state index in [1.807, 2.05) is 31.6 Å². The average molecular weight is 231 g/mol. The fraction of sp³-hybridized carbons (Fsp3) is 0.333. The van der Waals surface area contributed by atoms with Crippen molar-refractivity contribution in [1.29, 1.82) is 0 Å². The first-order valence-electron chi connectivity index (χ1n) is 5.64. The average Bonchev–Trinajstić information content (AvgIpc) is 2.77. The Balaban J connectivity index is 2.41. The van der Waals surface area contributed by atoms with Crippen LogP contribution in [0.2, 0.25) is 0 Å². The SMILES string of the molecule is CCc1cnccc1C(NN)c1ccn(C)n1. The summed E-state index contributed by atoms with van der Waals surface area (Å²) in [7, 11) is 1.89. The molecule has 0 aliphatic heterocycles. The Morgan fingerprint density at radius 1 is 1.47 bits per heavy atom. The van der Waals surface area contributed by atoms with Crippen molar-refractivity contribution in [2.45, 2.75) is 19.4 Å². The highest BCUT2D eigenvalue weighted by molar-refractivity contribution is 5.32. The fourth-order valence-electron chi connectivity index (χ4n) is 1.94. The Hall–Kier alpha value is -1.72. The Labute approximate surface area is 101 Å².